The van der Waals surface area contributed by atoms with Gasteiger partial charge < -0.3 is 14.6 Å². The molecule has 7 heteroatoms. The van der Waals surface area contributed by atoms with Gasteiger partial charge in [-0.2, -0.15) is 9.61 Å². The molecule has 0 aliphatic heterocycles. The van der Waals surface area contributed by atoms with Crippen LogP contribution in [0.2, 0.25) is 0 Å². The summed E-state index contributed by atoms with van der Waals surface area (Å²) < 4.78 is 8.52. The molecule has 0 fully saturated rings. The normalized spacial score (nSPS) is 11.0. The van der Waals surface area contributed by atoms with Crippen molar-refractivity contribution < 1.29 is 9.53 Å². The summed E-state index contributed by atoms with van der Waals surface area (Å²) in [5.74, 6) is 0.567. The van der Waals surface area contributed by atoms with Crippen LogP contribution in [0.4, 0.5) is 5.69 Å². The third-order valence-corrected chi connectivity index (χ3v) is 5.82. The molecule has 0 radical (unpaired) electrons. The van der Waals surface area contributed by atoms with Gasteiger partial charge in [0, 0.05) is 42.0 Å². The first-order chi connectivity index (χ1) is 15.4. The molecule has 0 aliphatic carbocycles. The first-order valence-corrected chi connectivity index (χ1v) is 10.5. The molecule has 164 valence electrons. The van der Waals surface area contributed by atoms with Crippen molar-refractivity contribution in [2.24, 2.45) is 7.05 Å². The number of amides is 1. The van der Waals surface area contributed by atoms with Gasteiger partial charge in [-0.05, 0) is 50.1 Å². The van der Waals surface area contributed by atoms with E-state index >= 15 is 0 Å². The number of methoxy groups -OCH3 is 1. The predicted octanol–water partition coefficient (Wildman–Crippen LogP) is 3.90. The number of nitrogens with one attached hydrogen (secondary N) is 1. The average Bonchev–Trinajstić information content (AvgIpc) is 3.24. The van der Waals surface area contributed by atoms with Gasteiger partial charge in [-0.25, -0.2) is 0 Å². The highest BCUT2D eigenvalue weighted by atomic mass is 16.5. The largest absolute Gasteiger partial charge is 0.497 e. The Bertz CT molecular complexity index is 1350. The van der Waals surface area contributed by atoms with Gasteiger partial charge in [-0.3, -0.25) is 9.59 Å². The van der Waals surface area contributed by atoms with E-state index in [4.69, 9.17) is 4.74 Å². The molecule has 0 spiro atoms. The number of benzene rings is 2. The van der Waals surface area contributed by atoms with Gasteiger partial charge in [0.05, 0.1) is 12.8 Å². The smallest absolute Gasteiger partial charge is 0.277 e. The van der Waals surface area contributed by atoms with E-state index in [-0.39, 0.29) is 17.9 Å². The summed E-state index contributed by atoms with van der Waals surface area (Å²) in [6.45, 7) is 3.92. The van der Waals surface area contributed by atoms with Crippen LogP contribution in [0.15, 0.2) is 59.4 Å². The molecule has 2 aromatic heterocycles. The van der Waals surface area contributed by atoms with E-state index < -0.39 is 0 Å². The number of fused-ring (bicyclic) bond motifs is 1. The Morgan fingerprint density at radius 1 is 1.09 bits per heavy atom. The molecule has 0 atom stereocenters. The van der Waals surface area contributed by atoms with Gasteiger partial charge in [-0.15, -0.1) is 0 Å². The van der Waals surface area contributed by atoms with E-state index in [1.54, 1.807) is 31.4 Å². The molecule has 32 heavy (non-hydrogen) atoms. The van der Waals surface area contributed by atoms with Crippen LogP contribution in [0.3, 0.4) is 0 Å². The predicted molar refractivity (Wildman–Crippen MR) is 125 cm³/mol. The van der Waals surface area contributed by atoms with Crippen LogP contribution >= 0.6 is 0 Å². The minimum atomic E-state index is -0.187. The number of anilines is 1. The maximum absolute atomic E-state index is 13.2. The van der Waals surface area contributed by atoms with E-state index in [0.29, 0.717) is 17.7 Å². The zero-order chi connectivity index (χ0) is 22.8. The summed E-state index contributed by atoms with van der Waals surface area (Å²) in [5, 5.41) is 7.45. The topological polar surface area (TPSA) is 77.6 Å². The fraction of sp³-hybridized carbons (Fsp3) is 0.240. The van der Waals surface area contributed by atoms with Gasteiger partial charge in [-0.1, -0.05) is 24.3 Å². The molecule has 0 unspecified atom stereocenters. The van der Waals surface area contributed by atoms with Gasteiger partial charge >= 0.3 is 0 Å². The summed E-state index contributed by atoms with van der Waals surface area (Å²) >= 11 is 0. The SMILES string of the molecule is COc1ccc(NC(=O)CCc2c(C)n(C)c3cc(-c4ccccc4C)nn3c2=O)cc1. The lowest BCUT2D eigenvalue weighted by Gasteiger charge is -2.12. The molecule has 1 amide bonds. The Balaban J connectivity index is 1.59. The molecule has 4 aromatic rings. The number of aromatic nitrogens is 3. The molecule has 4 rings (SSSR count). The number of carbonyl (C=O) groups excluding carboxylic acids is 1. The van der Waals surface area contributed by atoms with Crippen LogP contribution in [0, 0.1) is 13.8 Å². The summed E-state index contributed by atoms with van der Waals surface area (Å²) in [6, 6.07) is 17.0. The Kier molecular flexibility index (Phi) is 5.81. The number of hydrogen-bond acceptors (Lipinski definition) is 4. The average molecular weight is 431 g/mol. The van der Waals surface area contributed by atoms with Gasteiger partial charge in [0.2, 0.25) is 5.91 Å². The number of nitrogens with zero attached hydrogens (tertiary/aromatic N) is 3. The van der Waals surface area contributed by atoms with Crippen LogP contribution in [-0.4, -0.2) is 27.2 Å². The van der Waals surface area contributed by atoms with Crippen molar-refractivity contribution in [2.75, 3.05) is 12.4 Å². The summed E-state index contributed by atoms with van der Waals surface area (Å²) in [4.78, 5) is 25.7. The molecule has 1 N–H and O–H groups in total. The highest BCUT2D eigenvalue weighted by Crippen LogP contribution is 2.23. The Morgan fingerprint density at radius 3 is 2.50 bits per heavy atom. The molecular formula is C25H26N4O3. The molecule has 7 nitrogen and oxygen atoms in total. The van der Waals surface area contributed by atoms with Gasteiger partial charge in [0.15, 0.2) is 0 Å². The van der Waals surface area contributed by atoms with Crippen LogP contribution in [0.1, 0.15) is 23.2 Å². The van der Waals surface area contributed by atoms with Gasteiger partial charge in [0.1, 0.15) is 11.4 Å². The van der Waals surface area contributed by atoms with Crippen molar-refractivity contribution in [1.82, 2.24) is 14.2 Å². The van der Waals surface area contributed by atoms with Crippen molar-refractivity contribution in [3.63, 3.8) is 0 Å². The highest BCUT2D eigenvalue weighted by Gasteiger charge is 2.17. The van der Waals surface area contributed by atoms with E-state index in [9.17, 15) is 9.59 Å². The van der Waals surface area contributed by atoms with Crippen LogP contribution in [0.5, 0.6) is 5.75 Å². The van der Waals surface area contributed by atoms with E-state index in [1.165, 1.54) is 4.52 Å². The zero-order valence-corrected chi connectivity index (χ0v) is 18.7. The summed E-state index contributed by atoms with van der Waals surface area (Å²) in [7, 11) is 3.51. The monoisotopic (exact) mass is 430 g/mol. The fourth-order valence-corrected chi connectivity index (χ4v) is 3.83. The lowest BCUT2D eigenvalue weighted by Crippen LogP contribution is -2.26. The molecular weight excluding hydrogens is 404 g/mol. The second-order valence-corrected chi connectivity index (χ2v) is 7.82. The maximum atomic E-state index is 13.2. The maximum Gasteiger partial charge on any atom is 0.277 e. The second kappa shape index (κ2) is 8.70. The first-order valence-electron chi connectivity index (χ1n) is 10.5. The molecule has 0 bridgehead atoms. The van der Waals surface area contributed by atoms with Crippen molar-refractivity contribution in [3.8, 4) is 17.0 Å². The van der Waals surface area contributed by atoms with Crippen molar-refractivity contribution >= 4 is 17.2 Å². The van der Waals surface area contributed by atoms with E-state index in [0.717, 1.165) is 33.9 Å². The second-order valence-electron chi connectivity index (χ2n) is 7.82. The Morgan fingerprint density at radius 2 is 1.81 bits per heavy atom. The van der Waals surface area contributed by atoms with Crippen molar-refractivity contribution in [3.05, 3.63) is 81.8 Å². The van der Waals surface area contributed by atoms with Crippen molar-refractivity contribution in [2.45, 2.75) is 26.7 Å². The lowest BCUT2D eigenvalue weighted by atomic mass is 10.1. The van der Waals surface area contributed by atoms with Gasteiger partial charge in [0.25, 0.3) is 5.56 Å². The Labute approximate surface area is 186 Å². The summed E-state index contributed by atoms with van der Waals surface area (Å²) in [6.07, 6.45) is 0.523. The third-order valence-electron chi connectivity index (χ3n) is 5.82. The number of aryl methyl sites for hydroxylation is 2. The molecule has 0 aliphatic rings. The number of rotatable bonds is 6. The quantitative estimate of drug-likeness (QED) is 0.503. The standard InChI is InChI=1S/C25H26N4O3/c1-16-7-5-6-8-20(16)22-15-24-28(3)17(2)21(25(31)29(24)27-22)13-14-23(30)26-18-9-11-19(32-4)12-10-18/h5-12,15H,13-14H2,1-4H3,(H,26,30). The minimum Gasteiger partial charge on any atom is -0.497 e. The number of carbonyl (C=O) groups is 1. The number of hydrogen-bond donors (Lipinski definition) is 1. The first kappa shape index (κ1) is 21.4. The Hall–Kier alpha value is -3.87. The molecule has 0 saturated heterocycles. The molecule has 2 heterocycles. The number of ether oxygens (including phenoxy) is 1. The minimum absolute atomic E-state index is 0.155. The lowest BCUT2D eigenvalue weighted by molar-refractivity contribution is -0.116. The van der Waals surface area contributed by atoms with Crippen molar-refractivity contribution in [1.29, 1.82) is 0 Å². The fourth-order valence-electron chi connectivity index (χ4n) is 3.83. The highest BCUT2D eigenvalue weighted by molar-refractivity contribution is 5.90. The molecule has 0 saturated carbocycles. The summed E-state index contributed by atoms with van der Waals surface area (Å²) in [5.41, 5.74) is 5.48. The zero-order valence-electron chi connectivity index (χ0n) is 18.7. The third kappa shape index (κ3) is 4.01. The van der Waals surface area contributed by atoms with Crippen LogP contribution in [0.25, 0.3) is 16.9 Å². The molecule has 2 aromatic carbocycles. The van der Waals surface area contributed by atoms with Crippen LogP contribution in [-0.2, 0) is 18.3 Å². The van der Waals surface area contributed by atoms with E-state index in [1.807, 2.05) is 55.8 Å². The van der Waals surface area contributed by atoms with Crippen LogP contribution < -0.4 is 15.6 Å². The van der Waals surface area contributed by atoms with E-state index in [2.05, 4.69) is 10.4 Å².